The van der Waals surface area contributed by atoms with Crippen LogP contribution >= 0.6 is 12.4 Å². The first-order chi connectivity index (χ1) is 13.1. The van der Waals surface area contributed by atoms with Crippen molar-refractivity contribution in [3.8, 4) is 0 Å². The molecular formula is C21H27ClFN3O3. The number of nitrogens with zero attached hydrogens (tertiary/aromatic N) is 2. The Morgan fingerprint density at radius 3 is 2.48 bits per heavy atom. The molecule has 158 valence electrons. The molecule has 1 saturated carbocycles. The number of pyridine rings is 2. The van der Waals surface area contributed by atoms with Crippen LogP contribution in [0.5, 0.6) is 0 Å². The van der Waals surface area contributed by atoms with E-state index in [1.165, 1.54) is 10.5 Å². The van der Waals surface area contributed by atoms with Crippen LogP contribution < -0.4 is 16.2 Å². The maximum atomic E-state index is 15.1. The number of anilines is 1. The minimum absolute atomic E-state index is 0. The molecule has 0 radical (unpaired) electrons. The topological polar surface area (TPSA) is 88.0 Å². The van der Waals surface area contributed by atoms with Gasteiger partial charge in [-0.05, 0) is 69.1 Å². The molecule has 2 aromatic heterocycles. The van der Waals surface area contributed by atoms with Crippen molar-refractivity contribution < 1.29 is 14.3 Å². The average Bonchev–Trinajstić information content (AvgIpc) is 3.31. The predicted octanol–water partition coefficient (Wildman–Crippen LogP) is 3.31. The number of aromatic nitrogens is 1. The first kappa shape index (κ1) is 21.6. The van der Waals surface area contributed by atoms with E-state index in [1.54, 1.807) is 0 Å². The Bertz CT molecular complexity index is 1040. The van der Waals surface area contributed by atoms with Crippen LogP contribution in [0.25, 0.3) is 5.52 Å². The average molecular weight is 424 g/mol. The highest BCUT2D eigenvalue weighted by Gasteiger charge is 2.35. The monoisotopic (exact) mass is 423 g/mol. The molecular weight excluding hydrogens is 397 g/mol. The van der Waals surface area contributed by atoms with Crippen molar-refractivity contribution in [1.82, 2.24) is 4.40 Å². The number of carboxylic acids is 1. The third-order valence-electron chi connectivity index (χ3n) is 6.25. The normalized spacial score (nSPS) is 19.5. The highest BCUT2D eigenvalue weighted by atomic mass is 35.5. The maximum Gasteiger partial charge on any atom is 0.341 e. The largest absolute Gasteiger partial charge is 0.477 e. The summed E-state index contributed by atoms with van der Waals surface area (Å²) < 4.78 is 16.3. The van der Waals surface area contributed by atoms with Crippen LogP contribution in [0.1, 0.15) is 60.5 Å². The lowest BCUT2D eigenvalue weighted by molar-refractivity contribution is 0.0694. The summed E-state index contributed by atoms with van der Waals surface area (Å²) in [6.07, 6.45) is 3.94. The molecule has 1 unspecified atom stereocenters. The summed E-state index contributed by atoms with van der Waals surface area (Å²) in [4.78, 5) is 26.2. The van der Waals surface area contributed by atoms with Crippen LogP contribution in [0.15, 0.2) is 17.1 Å². The van der Waals surface area contributed by atoms with Gasteiger partial charge in [0.15, 0.2) is 5.82 Å². The van der Waals surface area contributed by atoms with Crippen LogP contribution in [0.4, 0.5) is 10.1 Å². The molecule has 2 aliphatic rings. The summed E-state index contributed by atoms with van der Waals surface area (Å²) in [7, 11) is 0. The summed E-state index contributed by atoms with van der Waals surface area (Å²) in [5.41, 5.74) is 7.57. The molecule has 1 atom stereocenters. The second-order valence-corrected chi connectivity index (χ2v) is 8.82. The van der Waals surface area contributed by atoms with E-state index in [1.807, 2.05) is 25.7 Å². The molecule has 1 aliphatic heterocycles. The van der Waals surface area contributed by atoms with Crippen LogP contribution in [0, 0.1) is 18.7 Å². The minimum Gasteiger partial charge on any atom is -0.477 e. The molecule has 1 aliphatic carbocycles. The van der Waals surface area contributed by atoms with E-state index in [9.17, 15) is 14.7 Å². The van der Waals surface area contributed by atoms with Gasteiger partial charge in [-0.15, -0.1) is 12.4 Å². The van der Waals surface area contributed by atoms with Crippen molar-refractivity contribution >= 4 is 29.6 Å². The Morgan fingerprint density at radius 1 is 1.31 bits per heavy atom. The molecule has 4 rings (SSSR count). The highest BCUT2D eigenvalue weighted by Crippen LogP contribution is 2.44. The highest BCUT2D eigenvalue weighted by molar-refractivity contribution is 5.89. The summed E-state index contributed by atoms with van der Waals surface area (Å²) in [6, 6.07) is 1.49. The van der Waals surface area contributed by atoms with Gasteiger partial charge in [-0.1, -0.05) is 0 Å². The van der Waals surface area contributed by atoms with Crippen molar-refractivity contribution in [1.29, 1.82) is 0 Å². The van der Waals surface area contributed by atoms with Gasteiger partial charge in [0, 0.05) is 18.6 Å². The molecule has 6 nitrogen and oxygen atoms in total. The lowest BCUT2D eigenvalue weighted by atomic mass is 9.88. The number of rotatable bonds is 4. The maximum absolute atomic E-state index is 15.1. The summed E-state index contributed by atoms with van der Waals surface area (Å²) in [5, 5.41) is 9.40. The molecule has 2 aromatic rings. The number of carbonyl (C=O) groups is 1. The zero-order valence-electron chi connectivity index (χ0n) is 16.9. The molecule has 1 saturated heterocycles. The molecule has 8 heteroatoms. The minimum atomic E-state index is -1.28. The lowest BCUT2D eigenvalue weighted by Gasteiger charge is -2.28. The van der Waals surface area contributed by atoms with Gasteiger partial charge < -0.3 is 15.7 Å². The molecule has 0 aromatic carbocycles. The fourth-order valence-electron chi connectivity index (χ4n) is 4.46. The van der Waals surface area contributed by atoms with Gasteiger partial charge in [-0.25, -0.2) is 9.18 Å². The van der Waals surface area contributed by atoms with E-state index in [0.717, 1.165) is 31.0 Å². The van der Waals surface area contributed by atoms with Gasteiger partial charge >= 0.3 is 5.97 Å². The lowest BCUT2D eigenvalue weighted by Crippen LogP contribution is -2.42. The first-order valence-corrected chi connectivity index (χ1v) is 9.75. The number of halogens is 2. The van der Waals surface area contributed by atoms with E-state index >= 15 is 4.39 Å². The zero-order valence-corrected chi connectivity index (χ0v) is 17.7. The van der Waals surface area contributed by atoms with Crippen LogP contribution in [0.3, 0.4) is 0 Å². The molecule has 0 bridgehead atoms. The molecule has 3 heterocycles. The number of fused-ring (bicyclic) bond motifs is 1. The third-order valence-corrected chi connectivity index (χ3v) is 6.25. The number of nitrogens with two attached hydrogens (primary N) is 1. The van der Waals surface area contributed by atoms with Crippen molar-refractivity contribution in [2.45, 2.75) is 51.5 Å². The second-order valence-electron chi connectivity index (χ2n) is 8.82. The first-order valence-electron chi connectivity index (χ1n) is 9.75. The second kappa shape index (κ2) is 7.29. The predicted molar refractivity (Wildman–Crippen MR) is 113 cm³/mol. The number of aromatic carboxylic acids is 1. The van der Waals surface area contributed by atoms with Crippen molar-refractivity contribution in [3.63, 3.8) is 0 Å². The van der Waals surface area contributed by atoms with Crippen LogP contribution in [-0.2, 0) is 0 Å². The number of carboxylic acid groups (broad SMARTS) is 1. The standard InChI is InChI=1S/C21H26FN3O3.ClH/c1-11-17-14(12-4-5-12)8-15(20(27)28)19(26)25(17)10-16(22)18(11)24-7-6-13(9-24)21(2,3)23;/h8,10,12-13H,4-7,9,23H2,1-3H3,(H,27,28);1H. The van der Waals surface area contributed by atoms with E-state index in [0.29, 0.717) is 29.9 Å². The van der Waals surface area contributed by atoms with Crippen LogP contribution in [0.2, 0.25) is 0 Å². The Kier molecular flexibility index (Phi) is 5.43. The van der Waals surface area contributed by atoms with Gasteiger partial charge in [-0.2, -0.15) is 0 Å². The molecule has 0 amide bonds. The van der Waals surface area contributed by atoms with E-state index in [2.05, 4.69) is 0 Å². The zero-order chi connectivity index (χ0) is 20.4. The quantitative estimate of drug-likeness (QED) is 0.787. The molecule has 3 N–H and O–H groups in total. The van der Waals surface area contributed by atoms with E-state index < -0.39 is 17.3 Å². The van der Waals surface area contributed by atoms with Gasteiger partial charge in [0.05, 0.1) is 17.4 Å². The Morgan fingerprint density at radius 2 is 1.97 bits per heavy atom. The Hall–Kier alpha value is -2.12. The smallest absolute Gasteiger partial charge is 0.341 e. The van der Waals surface area contributed by atoms with Gasteiger partial charge in [0.25, 0.3) is 5.56 Å². The molecule has 29 heavy (non-hydrogen) atoms. The summed E-state index contributed by atoms with van der Waals surface area (Å²) in [5.74, 6) is -1.31. The van der Waals surface area contributed by atoms with Crippen molar-refractivity contribution in [2.24, 2.45) is 11.7 Å². The number of hydrogen-bond donors (Lipinski definition) is 2. The third kappa shape index (κ3) is 3.62. The van der Waals surface area contributed by atoms with Gasteiger partial charge in [0.2, 0.25) is 0 Å². The summed E-state index contributed by atoms with van der Waals surface area (Å²) >= 11 is 0. The van der Waals surface area contributed by atoms with Crippen LogP contribution in [-0.4, -0.2) is 34.1 Å². The fourth-order valence-corrected chi connectivity index (χ4v) is 4.46. The SMILES string of the molecule is Cc1c(N2CCC(C(C)(C)N)C2)c(F)cn2c(=O)c(C(=O)O)cc(C3CC3)c12.Cl. The summed E-state index contributed by atoms with van der Waals surface area (Å²) in [6.45, 7) is 7.16. The molecule has 2 fully saturated rings. The number of hydrogen-bond acceptors (Lipinski definition) is 4. The van der Waals surface area contributed by atoms with E-state index in [-0.39, 0.29) is 35.3 Å². The van der Waals surface area contributed by atoms with E-state index in [4.69, 9.17) is 5.73 Å². The fraction of sp³-hybridized carbons (Fsp3) is 0.524. The Balaban J connectivity index is 0.00000240. The molecule has 0 spiro atoms. The number of aryl methyl sites for hydroxylation is 1. The van der Waals surface area contributed by atoms with Gasteiger partial charge in [0.1, 0.15) is 5.56 Å². The van der Waals surface area contributed by atoms with Crippen molar-refractivity contribution in [3.05, 3.63) is 45.1 Å². The Labute approximate surface area is 174 Å². The van der Waals surface area contributed by atoms with Crippen molar-refractivity contribution in [2.75, 3.05) is 18.0 Å². The van der Waals surface area contributed by atoms with Gasteiger partial charge in [-0.3, -0.25) is 9.20 Å².